The maximum atomic E-state index is 6.14. The Morgan fingerprint density at radius 3 is 2.61 bits per heavy atom. The number of nitrogens with zero attached hydrogens (tertiary/aromatic N) is 2. The number of hydrogen-bond donors (Lipinski definition) is 1. The fourth-order valence-corrected chi connectivity index (χ4v) is 2.84. The number of anilines is 1. The minimum Gasteiger partial charge on any atom is -0.495 e. The molecule has 3 aromatic rings. The van der Waals surface area contributed by atoms with Gasteiger partial charge in [-0.05, 0) is 47.5 Å². The molecule has 0 unspecified atom stereocenters. The Labute approximate surface area is 148 Å². The van der Waals surface area contributed by atoms with Gasteiger partial charge in [0.25, 0.3) is 0 Å². The Morgan fingerprint density at radius 2 is 1.87 bits per heavy atom. The average Bonchev–Trinajstić information content (AvgIpc) is 2.53. The molecule has 23 heavy (non-hydrogen) atoms. The number of rotatable bonds is 4. The molecule has 0 radical (unpaired) electrons. The summed E-state index contributed by atoms with van der Waals surface area (Å²) < 4.78 is 5.14. The summed E-state index contributed by atoms with van der Waals surface area (Å²) in [6.07, 6.45) is 0. The van der Waals surface area contributed by atoms with E-state index < -0.39 is 0 Å². The maximum Gasteiger partial charge on any atom is 0.224 e. The molecule has 1 heterocycles. The number of aromatic nitrogens is 2. The lowest BCUT2D eigenvalue weighted by molar-refractivity contribution is 0.415. The Bertz CT molecular complexity index is 871. The van der Waals surface area contributed by atoms with Gasteiger partial charge in [0.05, 0.1) is 17.6 Å². The molecular formula is C16H12Cl3N3O. The van der Waals surface area contributed by atoms with Crippen molar-refractivity contribution in [3.8, 4) is 5.75 Å². The van der Waals surface area contributed by atoms with Gasteiger partial charge in [0.2, 0.25) is 5.28 Å². The second kappa shape index (κ2) is 6.79. The third-order valence-corrected chi connectivity index (χ3v) is 4.01. The van der Waals surface area contributed by atoms with Gasteiger partial charge in [0, 0.05) is 17.0 Å². The second-order valence-electron chi connectivity index (χ2n) is 4.83. The highest BCUT2D eigenvalue weighted by atomic mass is 35.5. The second-order valence-corrected chi connectivity index (χ2v) is 6.01. The lowest BCUT2D eigenvalue weighted by atomic mass is 10.2. The first-order valence-corrected chi connectivity index (χ1v) is 7.89. The van der Waals surface area contributed by atoms with Crippen LogP contribution in [-0.2, 0) is 6.54 Å². The van der Waals surface area contributed by atoms with Crippen molar-refractivity contribution >= 4 is 51.5 Å². The van der Waals surface area contributed by atoms with Crippen molar-refractivity contribution in [2.75, 3.05) is 12.4 Å². The summed E-state index contributed by atoms with van der Waals surface area (Å²) in [6.45, 7) is 0.526. The molecule has 0 bridgehead atoms. The lowest BCUT2D eigenvalue weighted by Crippen LogP contribution is -2.03. The van der Waals surface area contributed by atoms with Gasteiger partial charge in [-0.2, -0.15) is 0 Å². The third kappa shape index (κ3) is 3.61. The Kier molecular flexibility index (Phi) is 4.76. The summed E-state index contributed by atoms with van der Waals surface area (Å²) in [5.41, 5.74) is 1.71. The monoisotopic (exact) mass is 367 g/mol. The molecule has 1 aromatic heterocycles. The molecule has 3 rings (SSSR count). The van der Waals surface area contributed by atoms with Crippen LogP contribution in [0.25, 0.3) is 10.9 Å². The minimum atomic E-state index is 0.176. The van der Waals surface area contributed by atoms with Crippen LogP contribution in [0.5, 0.6) is 5.75 Å². The number of fused-ring (bicyclic) bond motifs is 1. The van der Waals surface area contributed by atoms with Gasteiger partial charge < -0.3 is 10.1 Å². The van der Waals surface area contributed by atoms with Crippen LogP contribution in [0.4, 0.5) is 5.82 Å². The van der Waals surface area contributed by atoms with Gasteiger partial charge in [-0.3, -0.25) is 0 Å². The van der Waals surface area contributed by atoms with Crippen LogP contribution < -0.4 is 10.1 Å². The van der Waals surface area contributed by atoms with Crippen LogP contribution in [-0.4, -0.2) is 17.1 Å². The lowest BCUT2D eigenvalue weighted by Gasteiger charge is -2.10. The summed E-state index contributed by atoms with van der Waals surface area (Å²) in [6, 6.07) is 11.0. The molecule has 2 aromatic carbocycles. The molecule has 0 aliphatic heterocycles. The van der Waals surface area contributed by atoms with Crippen LogP contribution >= 0.6 is 34.8 Å². The highest BCUT2D eigenvalue weighted by Crippen LogP contribution is 2.27. The molecular weight excluding hydrogens is 357 g/mol. The van der Waals surface area contributed by atoms with E-state index in [1.807, 2.05) is 18.2 Å². The molecule has 0 saturated heterocycles. The van der Waals surface area contributed by atoms with Crippen molar-refractivity contribution in [3.63, 3.8) is 0 Å². The van der Waals surface area contributed by atoms with Crippen LogP contribution in [0, 0.1) is 0 Å². The van der Waals surface area contributed by atoms with E-state index in [1.165, 1.54) is 0 Å². The predicted molar refractivity (Wildman–Crippen MR) is 94.9 cm³/mol. The van der Waals surface area contributed by atoms with Crippen LogP contribution in [0.2, 0.25) is 15.3 Å². The largest absolute Gasteiger partial charge is 0.495 e. The van der Waals surface area contributed by atoms with E-state index in [-0.39, 0.29) is 5.28 Å². The van der Waals surface area contributed by atoms with E-state index in [2.05, 4.69) is 15.3 Å². The van der Waals surface area contributed by atoms with E-state index >= 15 is 0 Å². The molecule has 0 aliphatic carbocycles. The van der Waals surface area contributed by atoms with Gasteiger partial charge in [-0.1, -0.05) is 29.3 Å². The fourth-order valence-electron chi connectivity index (χ4n) is 2.21. The number of ether oxygens (including phenoxy) is 1. The third-order valence-electron chi connectivity index (χ3n) is 3.31. The molecule has 1 N–H and O–H groups in total. The summed E-state index contributed by atoms with van der Waals surface area (Å²) >= 11 is 18.2. The van der Waals surface area contributed by atoms with Gasteiger partial charge >= 0.3 is 0 Å². The van der Waals surface area contributed by atoms with E-state index in [0.29, 0.717) is 28.2 Å². The molecule has 0 atom stereocenters. The van der Waals surface area contributed by atoms with E-state index in [0.717, 1.165) is 16.5 Å². The van der Waals surface area contributed by atoms with Gasteiger partial charge in [0.15, 0.2) is 0 Å². The summed E-state index contributed by atoms with van der Waals surface area (Å²) in [4.78, 5) is 8.43. The standard InChI is InChI=1S/C16H12Cl3N3O/c1-23-14-5-2-9(6-12(14)18)8-20-15-11-7-10(17)3-4-13(11)21-16(19)22-15/h2-7H,8H2,1H3,(H,20,21,22). The summed E-state index contributed by atoms with van der Waals surface area (Å²) in [5, 5.41) is 5.39. The Morgan fingerprint density at radius 1 is 1.04 bits per heavy atom. The van der Waals surface area contributed by atoms with Crippen molar-refractivity contribution in [3.05, 3.63) is 57.3 Å². The number of benzene rings is 2. The van der Waals surface area contributed by atoms with Crippen molar-refractivity contribution in [2.45, 2.75) is 6.54 Å². The minimum absolute atomic E-state index is 0.176. The van der Waals surface area contributed by atoms with E-state index in [9.17, 15) is 0 Å². The fraction of sp³-hybridized carbons (Fsp3) is 0.125. The highest BCUT2D eigenvalue weighted by molar-refractivity contribution is 6.32. The van der Waals surface area contributed by atoms with Gasteiger partial charge in [0.1, 0.15) is 11.6 Å². The van der Waals surface area contributed by atoms with Gasteiger partial charge in [-0.25, -0.2) is 9.97 Å². The van der Waals surface area contributed by atoms with Crippen molar-refractivity contribution in [1.29, 1.82) is 0 Å². The highest BCUT2D eigenvalue weighted by Gasteiger charge is 2.08. The normalized spacial score (nSPS) is 10.8. The van der Waals surface area contributed by atoms with Crippen molar-refractivity contribution in [2.24, 2.45) is 0 Å². The SMILES string of the molecule is COc1ccc(CNc2nc(Cl)nc3ccc(Cl)cc23)cc1Cl. The first-order chi connectivity index (χ1) is 11.1. The molecule has 0 fully saturated rings. The molecule has 0 spiro atoms. The molecule has 7 heteroatoms. The molecule has 0 amide bonds. The topological polar surface area (TPSA) is 47.0 Å². The van der Waals surface area contributed by atoms with E-state index in [4.69, 9.17) is 39.5 Å². The Hall–Kier alpha value is -1.75. The zero-order valence-corrected chi connectivity index (χ0v) is 14.4. The number of hydrogen-bond acceptors (Lipinski definition) is 4. The van der Waals surface area contributed by atoms with Crippen molar-refractivity contribution < 1.29 is 4.74 Å². The van der Waals surface area contributed by atoms with Gasteiger partial charge in [-0.15, -0.1) is 0 Å². The zero-order chi connectivity index (χ0) is 16.4. The molecule has 118 valence electrons. The smallest absolute Gasteiger partial charge is 0.224 e. The molecule has 4 nitrogen and oxygen atoms in total. The van der Waals surface area contributed by atoms with Crippen LogP contribution in [0.3, 0.4) is 0 Å². The first-order valence-electron chi connectivity index (χ1n) is 6.76. The number of methoxy groups -OCH3 is 1. The number of halogens is 3. The van der Waals surface area contributed by atoms with Crippen molar-refractivity contribution in [1.82, 2.24) is 9.97 Å². The maximum absolute atomic E-state index is 6.14. The Balaban J connectivity index is 1.89. The van der Waals surface area contributed by atoms with E-state index in [1.54, 1.807) is 25.3 Å². The molecule has 0 saturated carbocycles. The summed E-state index contributed by atoms with van der Waals surface area (Å²) in [7, 11) is 1.58. The predicted octanol–water partition coefficient (Wildman–Crippen LogP) is 5.21. The van der Waals surface area contributed by atoms with Crippen LogP contribution in [0.1, 0.15) is 5.56 Å². The summed E-state index contributed by atoms with van der Waals surface area (Å²) in [5.74, 6) is 1.26. The number of nitrogens with one attached hydrogen (secondary N) is 1. The molecule has 0 aliphatic rings. The first kappa shape index (κ1) is 16.1. The van der Waals surface area contributed by atoms with Crippen LogP contribution in [0.15, 0.2) is 36.4 Å². The average molecular weight is 369 g/mol. The quantitative estimate of drug-likeness (QED) is 0.642. The zero-order valence-electron chi connectivity index (χ0n) is 12.1.